The maximum Gasteiger partial charge on any atom is 0.156 e. The van der Waals surface area contributed by atoms with Gasteiger partial charge in [0.15, 0.2) is 5.82 Å². The van der Waals surface area contributed by atoms with Gasteiger partial charge in [-0.3, -0.25) is 0 Å². The molecule has 1 aliphatic rings. The fourth-order valence-corrected chi connectivity index (χ4v) is 3.22. The second-order valence-corrected chi connectivity index (χ2v) is 6.56. The summed E-state index contributed by atoms with van der Waals surface area (Å²) in [5.74, 6) is 3.46. The molecule has 7 nitrogen and oxygen atoms in total. The first kappa shape index (κ1) is 17.5. The van der Waals surface area contributed by atoms with Crippen LogP contribution in [0.1, 0.15) is 35.9 Å². The minimum atomic E-state index is 0.407. The number of hydrogen-bond donors (Lipinski definition) is 1. The molecule has 0 spiro atoms. The topological polar surface area (TPSA) is 76.1 Å². The van der Waals surface area contributed by atoms with E-state index in [-0.39, 0.29) is 0 Å². The first-order valence-corrected chi connectivity index (χ1v) is 8.71. The number of nitrogens with zero attached hydrogens (tertiary/aromatic N) is 5. The van der Waals surface area contributed by atoms with Crippen LogP contribution < -0.4 is 10.2 Å². The van der Waals surface area contributed by atoms with Crippen molar-refractivity contribution >= 4 is 11.6 Å². The normalized spacial score (nSPS) is 15.4. The maximum atomic E-state index is 5.14. The zero-order valence-corrected chi connectivity index (χ0v) is 15.4. The van der Waals surface area contributed by atoms with Crippen LogP contribution in [0.15, 0.2) is 12.1 Å². The van der Waals surface area contributed by atoms with Crippen LogP contribution in [0.5, 0.6) is 0 Å². The molecule has 0 aromatic carbocycles. The number of anilines is 2. The highest BCUT2D eigenvalue weighted by molar-refractivity contribution is 5.42. The Morgan fingerprint density at radius 1 is 1.04 bits per heavy atom. The van der Waals surface area contributed by atoms with Crippen molar-refractivity contribution < 1.29 is 4.74 Å². The Bertz CT molecular complexity index is 707. The third-order valence-corrected chi connectivity index (χ3v) is 4.30. The number of piperidine rings is 1. The number of aromatic nitrogens is 4. The van der Waals surface area contributed by atoms with E-state index in [9.17, 15) is 0 Å². The van der Waals surface area contributed by atoms with Crippen LogP contribution in [0, 0.1) is 20.8 Å². The number of hydrogen-bond acceptors (Lipinski definition) is 7. The van der Waals surface area contributed by atoms with Gasteiger partial charge in [0.05, 0.1) is 0 Å². The van der Waals surface area contributed by atoms with Crippen LogP contribution in [-0.2, 0) is 11.3 Å². The van der Waals surface area contributed by atoms with Gasteiger partial charge in [-0.25, -0.2) is 19.9 Å². The largest absolute Gasteiger partial charge is 0.377 e. The number of methoxy groups -OCH3 is 1. The van der Waals surface area contributed by atoms with Crippen molar-refractivity contribution in [1.82, 2.24) is 19.9 Å². The lowest BCUT2D eigenvalue weighted by atomic mass is 10.0. The highest BCUT2D eigenvalue weighted by Gasteiger charge is 2.21. The molecule has 0 bridgehead atoms. The lowest BCUT2D eigenvalue weighted by molar-refractivity contribution is 0.177. The standard InChI is InChI=1S/C18H26N6O/c1-12-9-16(23-17(20-12)11-25-4)22-15-5-7-24(8-6-15)18-10-13(2)19-14(3)21-18/h9-10,15H,5-8,11H2,1-4H3,(H,20,22,23). The van der Waals surface area contributed by atoms with Gasteiger partial charge in [-0.05, 0) is 33.6 Å². The minimum absolute atomic E-state index is 0.407. The van der Waals surface area contributed by atoms with E-state index in [2.05, 4.69) is 36.2 Å². The Balaban J connectivity index is 1.61. The van der Waals surface area contributed by atoms with Crippen LogP contribution >= 0.6 is 0 Å². The molecular weight excluding hydrogens is 316 g/mol. The van der Waals surface area contributed by atoms with Gasteiger partial charge in [0.25, 0.3) is 0 Å². The van der Waals surface area contributed by atoms with Crippen molar-refractivity contribution in [2.75, 3.05) is 30.4 Å². The predicted molar refractivity (Wildman–Crippen MR) is 97.8 cm³/mol. The molecule has 0 amide bonds. The molecule has 0 atom stereocenters. The molecule has 7 heteroatoms. The SMILES string of the molecule is COCc1nc(C)cc(NC2CCN(c3cc(C)nc(C)n3)CC2)n1. The highest BCUT2D eigenvalue weighted by Crippen LogP contribution is 2.21. The summed E-state index contributed by atoms with van der Waals surface area (Å²) in [4.78, 5) is 20.2. The van der Waals surface area contributed by atoms with E-state index in [1.807, 2.05) is 26.8 Å². The molecule has 0 radical (unpaired) electrons. The number of nitrogens with one attached hydrogen (secondary N) is 1. The Morgan fingerprint density at radius 2 is 1.76 bits per heavy atom. The molecule has 25 heavy (non-hydrogen) atoms. The molecular formula is C18H26N6O. The molecule has 1 fully saturated rings. The maximum absolute atomic E-state index is 5.14. The summed E-state index contributed by atoms with van der Waals surface area (Å²) in [6.45, 7) is 8.32. The first-order valence-electron chi connectivity index (χ1n) is 8.71. The smallest absolute Gasteiger partial charge is 0.156 e. The second kappa shape index (κ2) is 7.74. The van der Waals surface area contributed by atoms with Crippen molar-refractivity contribution in [3.63, 3.8) is 0 Å². The van der Waals surface area contributed by atoms with E-state index < -0.39 is 0 Å². The van der Waals surface area contributed by atoms with Gasteiger partial charge in [0.2, 0.25) is 0 Å². The molecule has 2 aromatic rings. The van der Waals surface area contributed by atoms with E-state index in [1.54, 1.807) is 7.11 Å². The molecule has 1 aliphatic heterocycles. The molecule has 0 aliphatic carbocycles. The first-order chi connectivity index (χ1) is 12.0. The molecule has 1 saturated heterocycles. The van der Waals surface area contributed by atoms with Crippen LogP contribution in [0.4, 0.5) is 11.6 Å². The molecule has 1 N–H and O–H groups in total. The Morgan fingerprint density at radius 3 is 2.44 bits per heavy atom. The van der Waals surface area contributed by atoms with Crippen LogP contribution in [-0.4, -0.2) is 46.2 Å². The molecule has 3 heterocycles. The molecule has 3 rings (SSSR count). The van der Waals surface area contributed by atoms with Crippen molar-refractivity contribution in [2.24, 2.45) is 0 Å². The lowest BCUT2D eigenvalue weighted by Gasteiger charge is -2.33. The third-order valence-electron chi connectivity index (χ3n) is 4.30. The van der Waals surface area contributed by atoms with Gasteiger partial charge in [-0.15, -0.1) is 0 Å². The zero-order valence-electron chi connectivity index (χ0n) is 15.4. The van der Waals surface area contributed by atoms with Gasteiger partial charge in [-0.2, -0.15) is 0 Å². The third kappa shape index (κ3) is 4.63. The van der Waals surface area contributed by atoms with Crippen molar-refractivity contribution in [3.05, 3.63) is 35.2 Å². The number of ether oxygens (including phenoxy) is 1. The average molecular weight is 342 g/mol. The molecule has 2 aromatic heterocycles. The van der Waals surface area contributed by atoms with E-state index >= 15 is 0 Å². The van der Waals surface area contributed by atoms with E-state index in [1.165, 1.54) is 0 Å². The van der Waals surface area contributed by atoms with Gasteiger partial charge >= 0.3 is 0 Å². The molecule has 0 unspecified atom stereocenters. The van der Waals surface area contributed by atoms with Crippen molar-refractivity contribution in [2.45, 2.75) is 46.3 Å². The van der Waals surface area contributed by atoms with Crippen molar-refractivity contribution in [1.29, 1.82) is 0 Å². The van der Waals surface area contributed by atoms with Gasteiger partial charge < -0.3 is 15.0 Å². The predicted octanol–water partition coefficient (Wildman–Crippen LogP) is 2.42. The Hall–Kier alpha value is -2.28. The van der Waals surface area contributed by atoms with Crippen LogP contribution in [0.3, 0.4) is 0 Å². The summed E-state index contributed by atoms with van der Waals surface area (Å²) in [7, 11) is 1.66. The average Bonchev–Trinajstić information content (AvgIpc) is 2.54. The van der Waals surface area contributed by atoms with Gasteiger partial charge in [-0.1, -0.05) is 0 Å². The fraction of sp³-hybridized carbons (Fsp3) is 0.556. The summed E-state index contributed by atoms with van der Waals surface area (Å²) >= 11 is 0. The Kier molecular flexibility index (Phi) is 5.43. The summed E-state index contributed by atoms with van der Waals surface area (Å²) in [6, 6.07) is 4.46. The summed E-state index contributed by atoms with van der Waals surface area (Å²) in [5, 5.41) is 3.55. The fourth-order valence-electron chi connectivity index (χ4n) is 3.22. The lowest BCUT2D eigenvalue weighted by Crippen LogP contribution is -2.39. The highest BCUT2D eigenvalue weighted by atomic mass is 16.5. The van der Waals surface area contributed by atoms with Crippen molar-refractivity contribution in [3.8, 4) is 0 Å². The van der Waals surface area contributed by atoms with Crippen LogP contribution in [0.25, 0.3) is 0 Å². The zero-order chi connectivity index (χ0) is 17.8. The summed E-state index contributed by atoms with van der Waals surface area (Å²) in [6.07, 6.45) is 2.09. The van der Waals surface area contributed by atoms with Crippen LogP contribution in [0.2, 0.25) is 0 Å². The molecule has 0 saturated carbocycles. The molecule has 134 valence electrons. The summed E-state index contributed by atoms with van der Waals surface area (Å²) in [5.41, 5.74) is 1.97. The van der Waals surface area contributed by atoms with E-state index in [0.29, 0.717) is 12.6 Å². The second-order valence-electron chi connectivity index (χ2n) is 6.56. The van der Waals surface area contributed by atoms with Gasteiger partial charge in [0, 0.05) is 49.8 Å². The monoisotopic (exact) mass is 342 g/mol. The van der Waals surface area contributed by atoms with E-state index in [4.69, 9.17) is 4.74 Å². The minimum Gasteiger partial charge on any atom is -0.377 e. The Labute approximate surface area is 148 Å². The number of rotatable bonds is 5. The van der Waals surface area contributed by atoms with E-state index in [0.717, 1.165) is 60.6 Å². The quantitative estimate of drug-likeness (QED) is 0.894. The van der Waals surface area contributed by atoms with Gasteiger partial charge in [0.1, 0.15) is 24.1 Å². The number of aryl methyl sites for hydroxylation is 3. The summed E-state index contributed by atoms with van der Waals surface area (Å²) < 4.78 is 5.14.